The highest BCUT2D eigenvalue weighted by molar-refractivity contribution is 7.11. The molecule has 2 aromatic rings. The molecule has 5 heteroatoms. The van der Waals surface area contributed by atoms with Gasteiger partial charge in [0.05, 0.1) is 18.4 Å². The topological polar surface area (TPSA) is 51.0 Å². The number of nitrogens with one attached hydrogen (secondary N) is 1. The van der Waals surface area contributed by atoms with Crippen molar-refractivity contribution < 1.29 is 4.52 Å². The van der Waals surface area contributed by atoms with E-state index >= 15 is 0 Å². The highest BCUT2D eigenvalue weighted by Crippen LogP contribution is 2.15. The van der Waals surface area contributed by atoms with Crippen LogP contribution >= 0.6 is 11.3 Å². The molecule has 0 aliphatic heterocycles. The molecule has 0 aliphatic rings. The Kier molecular flexibility index (Phi) is 3.13. The summed E-state index contributed by atoms with van der Waals surface area (Å²) in [5.74, 6) is 0.847. The Bertz CT molecular complexity index is 402. The van der Waals surface area contributed by atoms with Crippen LogP contribution in [0.15, 0.2) is 16.8 Å². The van der Waals surface area contributed by atoms with E-state index in [1.807, 2.05) is 13.0 Å². The average Bonchev–Trinajstić information content (AvgIpc) is 2.79. The molecule has 0 spiro atoms. The van der Waals surface area contributed by atoms with Gasteiger partial charge in [-0.15, -0.1) is 11.3 Å². The molecule has 0 saturated heterocycles. The number of rotatable bonds is 4. The second kappa shape index (κ2) is 4.55. The fourth-order valence-corrected chi connectivity index (χ4v) is 2.14. The molecule has 0 saturated carbocycles. The van der Waals surface area contributed by atoms with E-state index in [9.17, 15) is 0 Å². The van der Waals surface area contributed by atoms with Gasteiger partial charge >= 0.3 is 0 Å². The molecule has 0 radical (unpaired) electrons. The predicted molar refractivity (Wildman–Crippen MR) is 58.6 cm³/mol. The number of hydrogen-bond donors (Lipinski definition) is 1. The van der Waals surface area contributed by atoms with Crippen molar-refractivity contribution in [3.8, 4) is 0 Å². The third kappa shape index (κ3) is 2.64. The lowest BCUT2D eigenvalue weighted by Crippen LogP contribution is -2.11. The van der Waals surface area contributed by atoms with E-state index in [0.29, 0.717) is 6.54 Å². The number of aromatic nitrogens is 2. The smallest absolute Gasteiger partial charge is 0.150 e. The Hall–Kier alpha value is -1.20. The quantitative estimate of drug-likeness (QED) is 0.861. The monoisotopic (exact) mass is 223 g/mol. The Labute approximate surface area is 92.3 Å². The standard InChI is InChI=1S/C10H13N3OS/c1-7-8(2)15-10(13-7)6-11-5-9-3-4-12-14-9/h3-4,11H,5-6H2,1-2H3. The van der Waals surface area contributed by atoms with Crippen LogP contribution in [0.25, 0.3) is 0 Å². The Morgan fingerprint density at radius 3 is 2.87 bits per heavy atom. The van der Waals surface area contributed by atoms with Crippen molar-refractivity contribution in [2.45, 2.75) is 26.9 Å². The highest BCUT2D eigenvalue weighted by Gasteiger charge is 2.03. The molecule has 0 bridgehead atoms. The fourth-order valence-electron chi connectivity index (χ4n) is 1.24. The third-order valence-corrected chi connectivity index (χ3v) is 3.21. The van der Waals surface area contributed by atoms with E-state index in [1.165, 1.54) is 4.88 Å². The van der Waals surface area contributed by atoms with Crippen molar-refractivity contribution in [1.29, 1.82) is 0 Å². The minimum atomic E-state index is 0.692. The number of nitrogens with zero attached hydrogens (tertiary/aromatic N) is 2. The zero-order chi connectivity index (χ0) is 10.7. The van der Waals surface area contributed by atoms with Crippen LogP contribution in [0.3, 0.4) is 0 Å². The lowest BCUT2D eigenvalue weighted by atomic mass is 10.4. The molecule has 80 valence electrons. The first-order valence-corrected chi connectivity index (χ1v) is 5.60. The van der Waals surface area contributed by atoms with Gasteiger partial charge in [-0.3, -0.25) is 0 Å². The molecule has 4 nitrogen and oxygen atoms in total. The fraction of sp³-hybridized carbons (Fsp3) is 0.400. The molecule has 15 heavy (non-hydrogen) atoms. The second-order valence-electron chi connectivity index (χ2n) is 3.33. The Morgan fingerprint density at radius 2 is 2.27 bits per heavy atom. The van der Waals surface area contributed by atoms with Gasteiger partial charge in [-0.25, -0.2) is 4.98 Å². The normalized spacial score (nSPS) is 10.8. The minimum absolute atomic E-state index is 0.692. The zero-order valence-corrected chi connectivity index (χ0v) is 9.60. The molecule has 2 heterocycles. The van der Waals surface area contributed by atoms with E-state index < -0.39 is 0 Å². The first-order valence-electron chi connectivity index (χ1n) is 4.79. The van der Waals surface area contributed by atoms with Gasteiger partial charge in [0.1, 0.15) is 10.8 Å². The van der Waals surface area contributed by atoms with Gasteiger partial charge in [-0.2, -0.15) is 0 Å². The third-order valence-electron chi connectivity index (χ3n) is 2.14. The minimum Gasteiger partial charge on any atom is -0.360 e. The summed E-state index contributed by atoms with van der Waals surface area (Å²) < 4.78 is 4.97. The molecule has 0 atom stereocenters. The maximum atomic E-state index is 4.97. The van der Waals surface area contributed by atoms with Crippen LogP contribution in [0.5, 0.6) is 0 Å². The van der Waals surface area contributed by atoms with Crippen molar-refractivity contribution in [2.24, 2.45) is 0 Å². The lowest BCUT2D eigenvalue weighted by Gasteiger charge is -1.97. The molecule has 0 unspecified atom stereocenters. The molecule has 2 rings (SSSR count). The summed E-state index contributed by atoms with van der Waals surface area (Å²) in [7, 11) is 0. The SMILES string of the molecule is Cc1nc(CNCc2ccno2)sc1C. The summed E-state index contributed by atoms with van der Waals surface area (Å²) in [5, 5.41) is 8.01. The molecule has 0 amide bonds. The summed E-state index contributed by atoms with van der Waals surface area (Å²) in [5.41, 5.74) is 1.12. The predicted octanol–water partition coefficient (Wildman–Crippen LogP) is 2.04. The van der Waals surface area contributed by atoms with Gasteiger partial charge in [0, 0.05) is 17.5 Å². The van der Waals surface area contributed by atoms with Crippen LogP contribution in [0.1, 0.15) is 21.3 Å². The van der Waals surface area contributed by atoms with Gasteiger partial charge in [0.2, 0.25) is 0 Å². The number of hydrogen-bond acceptors (Lipinski definition) is 5. The van der Waals surface area contributed by atoms with Gasteiger partial charge in [0.25, 0.3) is 0 Å². The molecule has 2 aromatic heterocycles. The Morgan fingerprint density at radius 1 is 1.40 bits per heavy atom. The van der Waals surface area contributed by atoms with E-state index in [2.05, 4.69) is 22.4 Å². The summed E-state index contributed by atoms with van der Waals surface area (Å²) in [4.78, 5) is 5.72. The lowest BCUT2D eigenvalue weighted by molar-refractivity contribution is 0.372. The Balaban J connectivity index is 1.83. The number of thiazole rings is 1. The maximum Gasteiger partial charge on any atom is 0.150 e. The zero-order valence-electron chi connectivity index (χ0n) is 8.78. The van der Waals surface area contributed by atoms with Gasteiger partial charge in [-0.05, 0) is 13.8 Å². The van der Waals surface area contributed by atoms with Gasteiger partial charge in [0.15, 0.2) is 0 Å². The van der Waals surface area contributed by atoms with E-state index in [1.54, 1.807) is 17.5 Å². The van der Waals surface area contributed by atoms with Gasteiger partial charge < -0.3 is 9.84 Å². The molecule has 1 N–H and O–H groups in total. The maximum absolute atomic E-state index is 4.97. The summed E-state index contributed by atoms with van der Waals surface area (Å²) in [6.45, 7) is 5.59. The van der Waals surface area contributed by atoms with Crippen LogP contribution in [-0.4, -0.2) is 10.1 Å². The van der Waals surface area contributed by atoms with Crippen molar-refractivity contribution in [2.75, 3.05) is 0 Å². The first-order chi connectivity index (χ1) is 7.25. The average molecular weight is 223 g/mol. The van der Waals surface area contributed by atoms with E-state index in [4.69, 9.17) is 4.52 Å². The van der Waals surface area contributed by atoms with Crippen molar-refractivity contribution in [3.63, 3.8) is 0 Å². The largest absolute Gasteiger partial charge is 0.360 e. The molecular weight excluding hydrogens is 210 g/mol. The van der Waals surface area contributed by atoms with Crippen molar-refractivity contribution >= 4 is 11.3 Å². The molecule has 0 aliphatic carbocycles. The van der Waals surface area contributed by atoms with E-state index in [-0.39, 0.29) is 0 Å². The summed E-state index contributed by atoms with van der Waals surface area (Å²) in [6.07, 6.45) is 1.65. The van der Waals surface area contributed by atoms with Crippen LogP contribution in [0.4, 0.5) is 0 Å². The van der Waals surface area contributed by atoms with Crippen molar-refractivity contribution in [3.05, 3.63) is 33.6 Å². The van der Waals surface area contributed by atoms with Gasteiger partial charge in [-0.1, -0.05) is 5.16 Å². The summed E-state index contributed by atoms with van der Waals surface area (Å²) >= 11 is 1.73. The molecule has 0 aromatic carbocycles. The number of aryl methyl sites for hydroxylation is 2. The first kappa shape index (κ1) is 10.3. The molecular formula is C10H13N3OS. The summed E-state index contributed by atoms with van der Waals surface area (Å²) in [6, 6.07) is 1.85. The van der Waals surface area contributed by atoms with Crippen LogP contribution in [-0.2, 0) is 13.1 Å². The van der Waals surface area contributed by atoms with Crippen LogP contribution in [0, 0.1) is 13.8 Å². The van der Waals surface area contributed by atoms with Crippen molar-refractivity contribution in [1.82, 2.24) is 15.5 Å². The highest BCUT2D eigenvalue weighted by atomic mass is 32.1. The molecule has 0 fully saturated rings. The van der Waals surface area contributed by atoms with E-state index in [0.717, 1.165) is 23.0 Å². The van der Waals surface area contributed by atoms with Crippen LogP contribution < -0.4 is 5.32 Å². The second-order valence-corrected chi connectivity index (χ2v) is 4.62. The van der Waals surface area contributed by atoms with Crippen LogP contribution in [0.2, 0.25) is 0 Å².